The molecule has 0 fully saturated rings. The Kier molecular flexibility index (Phi) is 3.81. The summed E-state index contributed by atoms with van der Waals surface area (Å²) in [5.74, 6) is 0. The molecule has 1 aromatic heterocycles. The normalized spacial score (nSPS) is 10.3. The zero-order valence-corrected chi connectivity index (χ0v) is 7.19. The molecule has 0 saturated heterocycles. The maximum Gasteiger partial charge on any atom is 0.0654 e. The van der Waals surface area contributed by atoms with E-state index in [1.54, 1.807) is 0 Å². The largest absolute Gasteiger partial charge is 0.360 e. The molecule has 1 aromatic rings. The molecule has 0 aliphatic rings. The number of aromatic nitrogens is 1. The second-order valence-corrected chi connectivity index (χ2v) is 2.94. The molecule has 0 aliphatic carbocycles. The van der Waals surface area contributed by atoms with Crippen LogP contribution in [-0.2, 0) is 6.42 Å². The van der Waals surface area contributed by atoms with E-state index in [0.717, 1.165) is 0 Å². The first-order chi connectivity index (χ1) is 5.43. The smallest absolute Gasteiger partial charge is 0.0654 e. The Morgan fingerprint density at radius 1 is 1.36 bits per heavy atom. The standard InChI is InChI=1S/C10H16N/c1-2-3-4-5-6-10-7-8-11-9-10/h7-8,11H,2-6H2,1H3. The van der Waals surface area contributed by atoms with E-state index >= 15 is 0 Å². The van der Waals surface area contributed by atoms with E-state index in [2.05, 4.69) is 24.2 Å². The van der Waals surface area contributed by atoms with Crippen molar-refractivity contribution in [2.24, 2.45) is 0 Å². The Hall–Kier alpha value is -0.720. The minimum Gasteiger partial charge on any atom is -0.360 e. The van der Waals surface area contributed by atoms with Crippen molar-refractivity contribution in [1.29, 1.82) is 0 Å². The Labute approximate surface area is 68.8 Å². The molecule has 0 spiro atoms. The number of hydrogen-bond acceptors (Lipinski definition) is 0. The first kappa shape index (κ1) is 8.38. The Morgan fingerprint density at radius 2 is 2.27 bits per heavy atom. The highest BCUT2D eigenvalue weighted by Crippen LogP contribution is 2.05. The summed E-state index contributed by atoms with van der Waals surface area (Å²) in [6.45, 7) is 2.24. The summed E-state index contributed by atoms with van der Waals surface area (Å²) in [6, 6.07) is 2.10. The summed E-state index contributed by atoms with van der Waals surface area (Å²) >= 11 is 0. The van der Waals surface area contributed by atoms with Gasteiger partial charge in [0.25, 0.3) is 0 Å². The van der Waals surface area contributed by atoms with Crippen LogP contribution in [0.4, 0.5) is 0 Å². The van der Waals surface area contributed by atoms with Crippen LogP contribution >= 0.6 is 0 Å². The van der Waals surface area contributed by atoms with E-state index < -0.39 is 0 Å². The number of rotatable bonds is 5. The third kappa shape index (κ3) is 3.26. The van der Waals surface area contributed by atoms with Gasteiger partial charge in [-0.1, -0.05) is 26.2 Å². The van der Waals surface area contributed by atoms with Gasteiger partial charge in [-0.25, -0.2) is 0 Å². The molecule has 0 aliphatic heterocycles. The lowest BCUT2D eigenvalue weighted by atomic mass is 10.1. The van der Waals surface area contributed by atoms with Crippen LogP contribution in [0.1, 0.15) is 38.2 Å². The topological polar surface area (TPSA) is 15.8 Å². The summed E-state index contributed by atoms with van der Waals surface area (Å²) in [6.07, 6.45) is 11.6. The SMILES string of the molecule is CCCCCCc1[c][nH]cc1. The van der Waals surface area contributed by atoms with Crippen molar-refractivity contribution in [2.75, 3.05) is 0 Å². The number of unbranched alkanes of at least 4 members (excludes halogenated alkanes) is 3. The van der Waals surface area contributed by atoms with Gasteiger partial charge in [0, 0.05) is 6.20 Å². The lowest BCUT2D eigenvalue weighted by molar-refractivity contribution is 0.667. The van der Waals surface area contributed by atoms with Crippen molar-refractivity contribution >= 4 is 0 Å². The van der Waals surface area contributed by atoms with Crippen molar-refractivity contribution < 1.29 is 0 Å². The molecular weight excluding hydrogens is 134 g/mol. The van der Waals surface area contributed by atoms with Crippen LogP contribution in [0.15, 0.2) is 12.3 Å². The van der Waals surface area contributed by atoms with Gasteiger partial charge in [0.2, 0.25) is 0 Å². The van der Waals surface area contributed by atoms with E-state index in [0.29, 0.717) is 0 Å². The quantitative estimate of drug-likeness (QED) is 0.621. The first-order valence-corrected chi connectivity index (χ1v) is 4.47. The van der Waals surface area contributed by atoms with E-state index in [1.165, 1.54) is 37.7 Å². The van der Waals surface area contributed by atoms with Crippen LogP contribution in [-0.4, -0.2) is 4.98 Å². The molecule has 1 nitrogen and oxygen atoms in total. The van der Waals surface area contributed by atoms with Crippen molar-refractivity contribution in [1.82, 2.24) is 4.98 Å². The summed E-state index contributed by atoms with van der Waals surface area (Å²) in [4.78, 5) is 2.95. The molecule has 61 valence electrons. The lowest BCUT2D eigenvalue weighted by Gasteiger charge is -1.95. The number of nitrogens with one attached hydrogen (secondary N) is 1. The molecule has 1 radical (unpaired) electrons. The number of H-pyrrole nitrogens is 1. The van der Waals surface area contributed by atoms with Gasteiger partial charge >= 0.3 is 0 Å². The fourth-order valence-corrected chi connectivity index (χ4v) is 1.21. The Bertz CT molecular complexity index is 165. The third-order valence-electron chi connectivity index (χ3n) is 1.90. The maximum absolute atomic E-state index is 3.09. The minimum absolute atomic E-state index is 1.18. The van der Waals surface area contributed by atoms with Gasteiger partial charge in [-0.3, -0.25) is 0 Å². The average molecular weight is 150 g/mol. The predicted octanol–water partition coefficient (Wildman–Crippen LogP) is 2.94. The number of aryl methyl sites for hydroxylation is 1. The number of aromatic amines is 1. The number of hydrogen-bond donors (Lipinski definition) is 1. The molecular formula is C10H16N. The van der Waals surface area contributed by atoms with Crippen LogP contribution in [0.25, 0.3) is 0 Å². The van der Waals surface area contributed by atoms with Gasteiger partial charge in [-0.05, 0) is 24.5 Å². The highest BCUT2D eigenvalue weighted by atomic mass is 14.6. The van der Waals surface area contributed by atoms with Gasteiger partial charge in [-0.15, -0.1) is 0 Å². The fourth-order valence-electron chi connectivity index (χ4n) is 1.21. The van der Waals surface area contributed by atoms with Crippen LogP contribution < -0.4 is 0 Å². The van der Waals surface area contributed by atoms with Crippen molar-refractivity contribution in [3.8, 4) is 0 Å². The molecule has 0 saturated carbocycles. The molecule has 1 rings (SSSR count). The van der Waals surface area contributed by atoms with E-state index in [9.17, 15) is 0 Å². The molecule has 0 unspecified atom stereocenters. The van der Waals surface area contributed by atoms with Gasteiger partial charge in [0.05, 0.1) is 6.20 Å². The molecule has 1 N–H and O–H groups in total. The van der Waals surface area contributed by atoms with Gasteiger partial charge in [0.15, 0.2) is 0 Å². The van der Waals surface area contributed by atoms with E-state index in [-0.39, 0.29) is 0 Å². The molecule has 0 bridgehead atoms. The van der Waals surface area contributed by atoms with Crippen LogP contribution in [0.2, 0.25) is 0 Å². The average Bonchev–Trinajstić information content (AvgIpc) is 2.50. The molecule has 0 atom stereocenters. The second kappa shape index (κ2) is 5.00. The van der Waals surface area contributed by atoms with Crippen LogP contribution in [0.5, 0.6) is 0 Å². The Balaban J connectivity index is 2.04. The van der Waals surface area contributed by atoms with Crippen LogP contribution in [0, 0.1) is 6.20 Å². The van der Waals surface area contributed by atoms with Crippen molar-refractivity contribution in [2.45, 2.75) is 39.0 Å². The fraction of sp³-hybridized carbons (Fsp3) is 0.600. The molecule has 1 heterocycles. The van der Waals surface area contributed by atoms with Crippen molar-refractivity contribution in [3.05, 3.63) is 24.0 Å². The maximum atomic E-state index is 3.09. The highest BCUT2D eigenvalue weighted by Gasteiger charge is 1.92. The lowest BCUT2D eigenvalue weighted by Crippen LogP contribution is -1.82. The monoisotopic (exact) mass is 150 g/mol. The van der Waals surface area contributed by atoms with Gasteiger partial charge in [0.1, 0.15) is 0 Å². The molecule has 0 aromatic carbocycles. The molecule has 1 heteroatoms. The molecule has 11 heavy (non-hydrogen) atoms. The van der Waals surface area contributed by atoms with E-state index in [4.69, 9.17) is 0 Å². The van der Waals surface area contributed by atoms with Crippen LogP contribution in [0.3, 0.4) is 0 Å². The summed E-state index contributed by atoms with van der Waals surface area (Å²) in [5.41, 5.74) is 1.32. The summed E-state index contributed by atoms with van der Waals surface area (Å²) in [7, 11) is 0. The van der Waals surface area contributed by atoms with Gasteiger partial charge < -0.3 is 4.98 Å². The first-order valence-electron chi connectivity index (χ1n) is 4.47. The summed E-state index contributed by atoms with van der Waals surface area (Å²) in [5, 5.41) is 0. The van der Waals surface area contributed by atoms with Crippen molar-refractivity contribution in [3.63, 3.8) is 0 Å². The second-order valence-electron chi connectivity index (χ2n) is 2.94. The third-order valence-corrected chi connectivity index (χ3v) is 1.90. The van der Waals surface area contributed by atoms with E-state index in [1.807, 2.05) is 6.20 Å². The molecule has 0 amide bonds. The zero-order chi connectivity index (χ0) is 7.94. The highest BCUT2D eigenvalue weighted by molar-refractivity contribution is 5.06. The minimum atomic E-state index is 1.18. The predicted molar refractivity (Wildman–Crippen MR) is 47.5 cm³/mol. The Morgan fingerprint density at radius 3 is 2.91 bits per heavy atom. The summed E-state index contributed by atoms with van der Waals surface area (Å²) < 4.78 is 0. The van der Waals surface area contributed by atoms with Gasteiger partial charge in [-0.2, -0.15) is 0 Å². The zero-order valence-electron chi connectivity index (χ0n) is 7.19.